The number of phenolic OH excluding ortho intramolecular Hbond substituents is 2. The molecule has 0 bridgehead atoms. The molecule has 1 rings (SSSR count). The van der Waals surface area contributed by atoms with Gasteiger partial charge in [0.2, 0.25) is 0 Å². The molecule has 0 radical (unpaired) electrons. The Morgan fingerprint density at radius 3 is 2.85 bits per heavy atom. The molecule has 5 heteroatoms. The Morgan fingerprint density at radius 2 is 2.15 bits per heavy atom. The minimum Gasteiger partial charge on any atom is -0.504 e. The summed E-state index contributed by atoms with van der Waals surface area (Å²) < 4.78 is 0. The molecule has 0 heterocycles. The van der Waals surface area contributed by atoms with Gasteiger partial charge in [0, 0.05) is 11.5 Å². The van der Waals surface area contributed by atoms with Crippen LogP contribution in [0, 0.1) is 0 Å². The number of aromatic hydroxyl groups is 2. The number of rotatable bonds is 3. The molecule has 0 aliphatic carbocycles. The van der Waals surface area contributed by atoms with Gasteiger partial charge < -0.3 is 10.2 Å². The molecule has 1 aromatic rings. The third-order valence-corrected chi connectivity index (χ3v) is 1.64. The number of para-hydroxylation sites is 1. The number of phenols is 2. The van der Waals surface area contributed by atoms with Crippen molar-refractivity contribution in [2.45, 2.75) is 6.42 Å². The van der Waals surface area contributed by atoms with Crippen molar-refractivity contribution in [2.24, 2.45) is 5.11 Å². The fourth-order valence-electron chi connectivity index (χ4n) is 0.995. The number of hydrogen-bond donors (Lipinski definition) is 2. The van der Waals surface area contributed by atoms with Crippen molar-refractivity contribution in [2.75, 3.05) is 6.54 Å². The first kappa shape index (κ1) is 9.22. The number of nitrogens with zero attached hydrogens (tertiary/aromatic N) is 3. The molecular formula is C8H9N3O2. The number of benzene rings is 1. The van der Waals surface area contributed by atoms with Gasteiger partial charge in [-0.15, -0.1) is 0 Å². The second kappa shape index (κ2) is 4.23. The largest absolute Gasteiger partial charge is 0.504 e. The average Bonchev–Trinajstić information content (AvgIpc) is 2.13. The first-order valence-electron chi connectivity index (χ1n) is 3.76. The molecular weight excluding hydrogens is 170 g/mol. The Morgan fingerprint density at radius 1 is 1.38 bits per heavy atom. The standard InChI is InChI=1S/C8H9N3O2/c9-11-10-5-4-6-2-1-3-7(12)8(6)13/h1-3,12-13H,4-5H2. The summed E-state index contributed by atoms with van der Waals surface area (Å²) in [4.78, 5) is 2.58. The first-order chi connectivity index (χ1) is 6.25. The van der Waals surface area contributed by atoms with Crippen molar-refractivity contribution < 1.29 is 10.2 Å². The second-order valence-corrected chi connectivity index (χ2v) is 2.49. The Kier molecular flexibility index (Phi) is 3.00. The molecule has 0 atom stereocenters. The van der Waals surface area contributed by atoms with Crippen LogP contribution < -0.4 is 0 Å². The average molecular weight is 179 g/mol. The molecule has 68 valence electrons. The van der Waals surface area contributed by atoms with Crippen molar-refractivity contribution >= 4 is 0 Å². The van der Waals surface area contributed by atoms with E-state index in [0.717, 1.165) is 0 Å². The van der Waals surface area contributed by atoms with Gasteiger partial charge in [-0.1, -0.05) is 17.2 Å². The third-order valence-electron chi connectivity index (χ3n) is 1.64. The maximum atomic E-state index is 9.31. The lowest BCUT2D eigenvalue weighted by atomic mass is 10.1. The highest BCUT2D eigenvalue weighted by atomic mass is 16.3. The van der Waals surface area contributed by atoms with E-state index >= 15 is 0 Å². The van der Waals surface area contributed by atoms with E-state index in [1.807, 2.05) is 0 Å². The van der Waals surface area contributed by atoms with Crippen molar-refractivity contribution in [1.82, 2.24) is 0 Å². The van der Waals surface area contributed by atoms with Crippen molar-refractivity contribution in [3.8, 4) is 11.5 Å². The molecule has 0 spiro atoms. The van der Waals surface area contributed by atoms with E-state index in [2.05, 4.69) is 10.0 Å². The third kappa shape index (κ3) is 2.28. The quantitative estimate of drug-likeness (QED) is 0.321. The molecule has 0 saturated carbocycles. The summed E-state index contributed by atoms with van der Waals surface area (Å²) in [5, 5.41) is 21.7. The molecule has 0 unspecified atom stereocenters. The van der Waals surface area contributed by atoms with Crippen LogP contribution in [0.1, 0.15) is 5.56 Å². The fourth-order valence-corrected chi connectivity index (χ4v) is 0.995. The van der Waals surface area contributed by atoms with Gasteiger partial charge in [0.25, 0.3) is 0 Å². The zero-order chi connectivity index (χ0) is 9.68. The van der Waals surface area contributed by atoms with Crippen LogP contribution in [0.3, 0.4) is 0 Å². The molecule has 0 aromatic heterocycles. The maximum absolute atomic E-state index is 9.31. The van der Waals surface area contributed by atoms with Crippen LogP contribution in [-0.2, 0) is 6.42 Å². The Balaban J connectivity index is 2.76. The summed E-state index contributed by atoms with van der Waals surface area (Å²) in [6.45, 7) is 0.271. The molecule has 2 N–H and O–H groups in total. The normalized spacial score (nSPS) is 9.23. The molecule has 0 aliphatic heterocycles. The summed E-state index contributed by atoms with van der Waals surface area (Å²) in [6, 6.07) is 4.69. The van der Waals surface area contributed by atoms with Gasteiger partial charge in [-0.25, -0.2) is 0 Å². The van der Waals surface area contributed by atoms with Gasteiger partial charge >= 0.3 is 0 Å². The van der Waals surface area contributed by atoms with Crippen LogP contribution in [-0.4, -0.2) is 16.8 Å². The lowest BCUT2D eigenvalue weighted by molar-refractivity contribution is 0.399. The fraction of sp³-hybridized carbons (Fsp3) is 0.250. The van der Waals surface area contributed by atoms with Crippen LogP contribution in [0.4, 0.5) is 0 Å². The van der Waals surface area contributed by atoms with Crippen LogP contribution >= 0.6 is 0 Å². The summed E-state index contributed by atoms with van der Waals surface area (Å²) in [7, 11) is 0. The van der Waals surface area contributed by atoms with Crippen LogP contribution in [0.25, 0.3) is 10.4 Å². The van der Waals surface area contributed by atoms with Gasteiger partial charge in [0.15, 0.2) is 11.5 Å². The van der Waals surface area contributed by atoms with Gasteiger partial charge in [0.1, 0.15) is 0 Å². The maximum Gasteiger partial charge on any atom is 0.160 e. The smallest absolute Gasteiger partial charge is 0.160 e. The number of hydrogen-bond acceptors (Lipinski definition) is 3. The zero-order valence-corrected chi connectivity index (χ0v) is 6.88. The van der Waals surface area contributed by atoms with Crippen LogP contribution in [0.5, 0.6) is 11.5 Å². The first-order valence-corrected chi connectivity index (χ1v) is 3.76. The van der Waals surface area contributed by atoms with E-state index in [9.17, 15) is 5.11 Å². The zero-order valence-electron chi connectivity index (χ0n) is 6.88. The van der Waals surface area contributed by atoms with E-state index < -0.39 is 0 Å². The second-order valence-electron chi connectivity index (χ2n) is 2.49. The monoisotopic (exact) mass is 179 g/mol. The molecule has 0 saturated heterocycles. The highest BCUT2D eigenvalue weighted by Crippen LogP contribution is 2.28. The van der Waals surface area contributed by atoms with Crippen molar-refractivity contribution in [3.05, 3.63) is 34.2 Å². The number of azide groups is 1. The molecule has 0 fully saturated rings. The lowest BCUT2D eigenvalue weighted by Crippen LogP contribution is -1.88. The van der Waals surface area contributed by atoms with Gasteiger partial charge in [-0.05, 0) is 23.6 Å². The predicted molar refractivity (Wildman–Crippen MR) is 47.5 cm³/mol. The summed E-state index contributed by atoms with van der Waals surface area (Å²) >= 11 is 0. The molecule has 0 aliphatic rings. The van der Waals surface area contributed by atoms with E-state index in [1.165, 1.54) is 6.07 Å². The Bertz CT molecular complexity index is 345. The van der Waals surface area contributed by atoms with Gasteiger partial charge in [0.05, 0.1) is 0 Å². The molecule has 1 aromatic carbocycles. The van der Waals surface area contributed by atoms with E-state index in [1.54, 1.807) is 12.1 Å². The molecule has 13 heavy (non-hydrogen) atoms. The highest BCUT2D eigenvalue weighted by molar-refractivity contribution is 5.44. The minimum absolute atomic E-state index is 0.143. The van der Waals surface area contributed by atoms with E-state index in [-0.39, 0.29) is 18.0 Å². The molecule has 0 amide bonds. The molecule has 5 nitrogen and oxygen atoms in total. The summed E-state index contributed by atoms with van der Waals surface area (Å²) in [5.74, 6) is -0.297. The van der Waals surface area contributed by atoms with Crippen molar-refractivity contribution in [1.29, 1.82) is 0 Å². The van der Waals surface area contributed by atoms with Crippen molar-refractivity contribution in [3.63, 3.8) is 0 Å². The summed E-state index contributed by atoms with van der Waals surface area (Å²) in [6.07, 6.45) is 0.421. The highest BCUT2D eigenvalue weighted by Gasteiger charge is 2.03. The topological polar surface area (TPSA) is 89.2 Å². The van der Waals surface area contributed by atoms with Gasteiger partial charge in [-0.3, -0.25) is 0 Å². The minimum atomic E-state index is -0.154. The Labute approximate surface area is 74.9 Å². The van der Waals surface area contributed by atoms with Gasteiger partial charge in [-0.2, -0.15) is 0 Å². The SMILES string of the molecule is [N-]=[N+]=NCCc1cccc(O)c1O. The Hall–Kier alpha value is -1.87. The summed E-state index contributed by atoms with van der Waals surface area (Å²) in [5.41, 5.74) is 8.59. The van der Waals surface area contributed by atoms with E-state index in [0.29, 0.717) is 12.0 Å². The lowest BCUT2D eigenvalue weighted by Gasteiger charge is -2.03. The van der Waals surface area contributed by atoms with Crippen LogP contribution in [0.15, 0.2) is 23.3 Å². The van der Waals surface area contributed by atoms with E-state index in [4.69, 9.17) is 10.6 Å². The van der Waals surface area contributed by atoms with Crippen LogP contribution in [0.2, 0.25) is 0 Å². The predicted octanol–water partition coefficient (Wildman–Crippen LogP) is 1.95.